The molecule has 8 nitrogen and oxygen atoms in total. The van der Waals surface area contributed by atoms with Crippen molar-refractivity contribution in [1.82, 2.24) is 9.62 Å². The van der Waals surface area contributed by atoms with Crippen LogP contribution in [0.1, 0.15) is 12.8 Å². The number of hydrogen-bond acceptors (Lipinski definition) is 6. The summed E-state index contributed by atoms with van der Waals surface area (Å²) in [6, 6.07) is 7.74. The highest BCUT2D eigenvalue weighted by Gasteiger charge is 2.33. The average molecular weight is 439 g/mol. The molecule has 1 amide bonds. The van der Waals surface area contributed by atoms with Gasteiger partial charge in [-0.3, -0.25) is 4.90 Å². The van der Waals surface area contributed by atoms with E-state index >= 15 is 0 Å². The predicted octanol–water partition coefficient (Wildman–Crippen LogP) is 1.42. The van der Waals surface area contributed by atoms with Gasteiger partial charge in [-0.05, 0) is 37.1 Å². The summed E-state index contributed by atoms with van der Waals surface area (Å²) in [7, 11) is -3.14. The molecule has 3 fully saturated rings. The van der Waals surface area contributed by atoms with Crippen LogP contribution in [-0.4, -0.2) is 75.4 Å². The molecule has 2 saturated heterocycles. The van der Waals surface area contributed by atoms with Crippen LogP contribution in [-0.2, 0) is 14.8 Å². The molecule has 1 aliphatic carbocycles. The number of rotatable bonds is 6. The summed E-state index contributed by atoms with van der Waals surface area (Å²) in [4.78, 5) is 16.9. The van der Waals surface area contributed by atoms with E-state index in [0.29, 0.717) is 45.2 Å². The maximum atomic E-state index is 12.3. The number of benzene rings is 1. The van der Waals surface area contributed by atoms with Crippen LogP contribution >= 0.6 is 12.2 Å². The Labute approximate surface area is 176 Å². The molecule has 1 saturated carbocycles. The second kappa shape index (κ2) is 8.08. The van der Waals surface area contributed by atoms with E-state index in [0.717, 1.165) is 29.2 Å². The van der Waals surface area contributed by atoms with Crippen molar-refractivity contribution < 1.29 is 17.9 Å². The zero-order valence-corrected chi connectivity index (χ0v) is 18.0. The number of thiocarbonyl (C=S) groups is 1. The molecule has 3 aliphatic rings. The molecule has 10 heteroatoms. The van der Waals surface area contributed by atoms with Crippen molar-refractivity contribution in [2.45, 2.75) is 18.9 Å². The van der Waals surface area contributed by atoms with Gasteiger partial charge in [-0.25, -0.2) is 13.2 Å². The quantitative estimate of drug-likeness (QED) is 0.673. The highest BCUT2D eigenvalue weighted by molar-refractivity contribution is 7.88. The third kappa shape index (κ3) is 4.81. The summed E-state index contributed by atoms with van der Waals surface area (Å²) in [5.41, 5.74) is 1.81. The van der Waals surface area contributed by atoms with Crippen LogP contribution in [0.2, 0.25) is 0 Å². The lowest BCUT2D eigenvalue weighted by molar-refractivity contribution is 0.143. The Balaban J connectivity index is 1.32. The van der Waals surface area contributed by atoms with Crippen LogP contribution < -0.4 is 15.1 Å². The zero-order chi connectivity index (χ0) is 20.6. The number of cyclic esters (lactones) is 1. The van der Waals surface area contributed by atoms with Crippen molar-refractivity contribution in [1.29, 1.82) is 0 Å². The Morgan fingerprint density at radius 2 is 1.76 bits per heavy atom. The molecule has 1 atom stereocenters. The van der Waals surface area contributed by atoms with Crippen LogP contribution in [0.5, 0.6) is 0 Å². The lowest BCUT2D eigenvalue weighted by Crippen LogP contribution is -2.48. The fourth-order valence-corrected chi connectivity index (χ4v) is 4.81. The first kappa shape index (κ1) is 20.4. The Bertz CT molecular complexity index is 878. The van der Waals surface area contributed by atoms with Crippen LogP contribution in [0, 0.1) is 5.92 Å². The van der Waals surface area contributed by atoms with E-state index in [1.54, 1.807) is 4.90 Å². The fourth-order valence-electron chi connectivity index (χ4n) is 3.66. The molecule has 1 unspecified atom stereocenters. The van der Waals surface area contributed by atoms with Gasteiger partial charge in [0.2, 0.25) is 10.0 Å². The number of carbonyl (C=O) groups excluding carboxylic acids is 1. The van der Waals surface area contributed by atoms with Crippen molar-refractivity contribution in [2.75, 3.05) is 55.3 Å². The number of amides is 1. The van der Waals surface area contributed by atoms with E-state index < -0.39 is 10.0 Å². The average Bonchev–Trinajstić information content (AvgIpc) is 3.49. The largest absolute Gasteiger partial charge is 0.442 e. The number of carbonyl (C=O) groups is 1. The van der Waals surface area contributed by atoms with Crippen molar-refractivity contribution in [3.8, 4) is 0 Å². The lowest BCUT2D eigenvalue weighted by Gasteiger charge is -2.34. The van der Waals surface area contributed by atoms with Gasteiger partial charge in [0.25, 0.3) is 0 Å². The number of nitrogens with one attached hydrogen (secondary N) is 1. The van der Waals surface area contributed by atoms with E-state index in [2.05, 4.69) is 10.2 Å². The van der Waals surface area contributed by atoms with Gasteiger partial charge in [-0.1, -0.05) is 12.2 Å². The fraction of sp³-hybridized carbons (Fsp3) is 0.579. The molecule has 1 aromatic carbocycles. The van der Waals surface area contributed by atoms with Gasteiger partial charge in [0.15, 0.2) is 0 Å². The monoisotopic (exact) mass is 438 g/mol. The number of nitrogens with zero attached hydrogens (tertiary/aromatic N) is 3. The van der Waals surface area contributed by atoms with Crippen LogP contribution in [0.4, 0.5) is 16.2 Å². The number of anilines is 2. The van der Waals surface area contributed by atoms with Gasteiger partial charge < -0.3 is 15.0 Å². The minimum absolute atomic E-state index is 0.219. The molecule has 4 rings (SSSR count). The van der Waals surface area contributed by atoms with Gasteiger partial charge in [0.1, 0.15) is 6.10 Å². The van der Waals surface area contributed by atoms with E-state index in [9.17, 15) is 13.2 Å². The number of ether oxygens (including phenoxy) is 1. The smallest absolute Gasteiger partial charge is 0.414 e. The molecule has 1 N–H and O–H groups in total. The molecule has 2 aliphatic heterocycles. The van der Waals surface area contributed by atoms with Gasteiger partial charge >= 0.3 is 6.09 Å². The number of sulfonamides is 1. The van der Waals surface area contributed by atoms with Gasteiger partial charge in [0.05, 0.1) is 24.3 Å². The van der Waals surface area contributed by atoms with E-state index in [1.165, 1.54) is 10.6 Å². The van der Waals surface area contributed by atoms with Crippen LogP contribution in [0.25, 0.3) is 0 Å². The summed E-state index contributed by atoms with van der Waals surface area (Å²) in [6.07, 6.45) is 2.98. The Hall–Kier alpha value is -1.91. The summed E-state index contributed by atoms with van der Waals surface area (Å²) in [6.45, 7) is 3.29. The SMILES string of the molecule is CS(=O)(=O)N1CCN(c2ccc(N3CC(CNC(=S)C4CC4)OC3=O)cc2)CC1. The third-order valence-electron chi connectivity index (χ3n) is 5.56. The van der Waals surface area contributed by atoms with E-state index in [4.69, 9.17) is 17.0 Å². The second-order valence-corrected chi connectivity index (χ2v) is 10.2. The summed E-state index contributed by atoms with van der Waals surface area (Å²) < 4.78 is 30.3. The maximum absolute atomic E-state index is 12.3. The highest BCUT2D eigenvalue weighted by Crippen LogP contribution is 2.30. The predicted molar refractivity (Wildman–Crippen MR) is 116 cm³/mol. The molecule has 0 spiro atoms. The lowest BCUT2D eigenvalue weighted by atomic mass is 10.2. The molecule has 0 aromatic heterocycles. The first-order chi connectivity index (χ1) is 13.8. The minimum Gasteiger partial charge on any atom is -0.442 e. The molecule has 0 bridgehead atoms. The Morgan fingerprint density at radius 3 is 2.34 bits per heavy atom. The van der Waals surface area contributed by atoms with Crippen LogP contribution in [0.3, 0.4) is 0 Å². The van der Waals surface area contributed by atoms with E-state index in [1.807, 2.05) is 24.3 Å². The van der Waals surface area contributed by atoms with Crippen molar-refractivity contribution >= 4 is 44.7 Å². The minimum atomic E-state index is -3.14. The van der Waals surface area contributed by atoms with Gasteiger partial charge in [-0.2, -0.15) is 4.31 Å². The second-order valence-electron chi connectivity index (χ2n) is 7.80. The summed E-state index contributed by atoms with van der Waals surface area (Å²) in [5, 5.41) is 3.22. The van der Waals surface area contributed by atoms with Crippen molar-refractivity contribution in [2.24, 2.45) is 5.92 Å². The first-order valence-electron chi connectivity index (χ1n) is 9.87. The number of piperazine rings is 1. The molecule has 158 valence electrons. The first-order valence-corrected chi connectivity index (χ1v) is 12.1. The van der Waals surface area contributed by atoms with E-state index in [-0.39, 0.29) is 12.2 Å². The maximum Gasteiger partial charge on any atom is 0.414 e. The van der Waals surface area contributed by atoms with Crippen LogP contribution in [0.15, 0.2) is 24.3 Å². The Kier molecular flexibility index (Phi) is 5.67. The topological polar surface area (TPSA) is 82.2 Å². The standard InChI is InChI=1S/C19H26N4O4S2/c1-29(25,26)22-10-8-21(9-11-22)15-4-6-16(7-5-15)23-13-17(27-19(23)24)12-20-18(28)14-2-3-14/h4-7,14,17H,2-3,8-13H2,1H3,(H,20,28). The molecular formula is C19H26N4O4S2. The Morgan fingerprint density at radius 1 is 1.14 bits per heavy atom. The zero-order valence-electron chi connectivity index (χ0n) is 16.4. The van der Waals surface area contributed by atoms with Gasteiger partial charge in [0, 0.05) is 43.5 Å². The molecule has 0 radical (unpaired) electrons. The normalized spacial score (nSPS) is 23.2. The molecule has 29 heavy (non-hydrogen) atoms. The number of hydrogen-bond donors (Lipinski definition) is 1. The summed E-state index contributed by atoms with van der Waals surface area (Å²) in [5.74, 6) is 0.505. The van der Waals surface area contributed by atoms with Crippen molar-refractivity contribution in [3.63, 3.8) is 0 Å². The molecule has 2 heterocycles. The van der Waals surface area contributed by atoms with Crippen molar-refractivity contribution in [3.05, 3.63) is 24.3 Å². The highest BCUT2D eigenvalue weighted by atomic mass is 32.2. The summed E-state index contributed by atoms with van der Waals surface area (Å²) >= 11 is 5.33. The molecular weight excluding hydrogens is 412 g/mol. The third-order valence-corrected chi connectivity index (χ3v) is 7.34. The van der Waals surface area contributed by atoms with Gasteiger partial charge in [-0.15, -0.1) is 0 Å². The molecule has 1 aromatic rings.